The van der Waals surface area contributed by atoms with Crippen LogP contribution in [-0.4, -0.2) is 40.0 Å². The Morgan fingerprint density at radius 3 is 2.68 bits per heavy atom. The van der Waals surface area contributed by atoms with E-state index in [1.54, 1.807) is 0 Å². The second kappa shape index (κ2) is 6.95. The first kappa shape index (κ1) is 16.0. The van der Waals surface area contributed by atoms with E-state index in [9.17, 15) is 12.8 Å². The molecule has 0 saturated heterocycles. The van der Waals surface area contributed by atoms with E-state index in [0.29, 0.717) is 6.54 Å². The third kappa shape index (κ3) is 4.24. The molecule has 19 heavy (non-hydrogen) atoms. The van der Waals surface area contributed by atoms with Crippen LogP contribution in [0.1, 0.15) is 12.5 Å². The van der Waals surface area contributed by atoms with Gasteiger partial charge in [-0.2, -0.15) is 0 Å². The summed E-state index contributed by atoms with van der Waals surface area (Å²) >= 11 is 0. The molecule has 5 nitrogen and oxygen atoms in total. The zero-order valence-electron chi connectivity index (χ0n) is 11.2. The molecule has 0 saturated carbocycles. The van der Waals surface area contributed by atoms with E-state index in [0.717, 1.165) is 6.54 Å². The maximum absolute atomic E-state index is 13.5. The summed E-state index contributed by atoms with van der Waals surface area (Å²) in [5, 5.41) is 0. The molecule has 0 fully saturated rings. The predicted octanol–water partition coefficient (Wildman–Crippen LogP) is 0.514. The Morgan fingerprint density at radius 1 is 1.42 bits per heavy atom. The second-order valence-corrected chi connectivity index (χ2v) is 5.95. The largest absolute Gasteiger partial charge is 0.326 e. The lowest BCUT2D eigenvalue weighted by Crippen LogP contribution is -2.33. The number of nitrogens with zero attached hydrogens (tertiary/aromatic N) is 1. The summed E-state index contributed by atoms with van der Waals surface area (Å²) in [4.78, 5) is 1.88. The molecular weight excluding hydrogens is 269 g/mol. The fraction of sp³-hybridized carbons (Fsp3) is 0.500. The average molecular weight is 289 g/mol. The Morgan fingerprint density at radius 2 is 2.11 bits per heavy atom. The van der Waals surface area contributed by atoms with Crippen LogP contribution in [0.3, 0.4) is 0 Å². The molecule has 0 aliphatic rings. The molecule has 0 amide bonds. The number of rotatable bonds is 7. The molecule has 0 aromatic heterocycles. The van der Waals surface area contributed by atoms with Gasteiger partial charge >= 0.3 is 0 Å². The average Bonchev–Trinajstić information content (AvgIpc) is 2.37. The quantitative estimate of drug-likeness (QED) is 0.767. The van der Waals surface area contributed by atoms with Gasteiger partial charge in [-0.25, -0.2) is 17.5 Å². The molecule has 1 rings (SSSR count). The first-order chi connectivity index (χ1) is 8.92. The van der Waals surface area contributed by atoms with Crippen LogP contribution >= 0.6 is 0 Å². The highest BCUT2D eigenvalue weighted by atomic mass is 32.2. The monoisotopic (exact) mass is 289 g/mol. The van der Waals surface area contributed by atoms with Crippen molar-refractivity contribution in [3.63, 3.8) is 0 Å². The number of sulfonamides is 1. The van der Waals surface area contributed by atoms with Gasteiger partial charge < -0.3 is 10.6 Å². The molecule has 0 aliphatic heterocycles. The van der Waals surface area contributed by atoms with Gasteiger partial charge in [-0.15, -0.1) is 0 Å². The molecule has 0 radical (unpaired) electrons. The SMILES string of the molecule is CCN(C)CCNS(=O)(=O)c1cccc(F)c1CN. The van der Waals surface area contributed by atoms with Gasteiger partial charge in [0, 0.05) is 25.2 Å². The molecule has 0 aliphatic carbocycles. The molecule has 3 N–H and O–H groups in total. The number of hydrogen-bond acceptors (Lipinski definition) is 4. The summed E-state index contributed by atoms with van der Waals surface area (Å²) in [6, 6.07) is 3.92. The van der Waals surface area contributed by atoms with Crippen molar-refractivity contribution in [3.8, 4) is 0 Å². The molecular formula is C12H20FN3O2S. The molecule has 108 valence electrons. The molecule has 0 heterocycles. The van der Waals surface area contributed by atoms with E-state index in [4.69, 9.17) is 5.73 Å². The summed E-state index contributed by atoms with van der Waals surface area (Å²) in [5.74, 6) is -0.601. The highest BCUT2D eigenvalue weighted by Gasteiger charge is 2.19. The highest BCUT2D eigenvalue weighted by molar-refractivity contribution is 7.89. The van der Waals surface area contributed by atoms with Gasteiger partial charge in [0.05, 0.1) is 4.90 Å². The van der Waals surface area contributed by atoms with Gasteiger partial charge in [-0.05, 0) is 25.7 Å². The van der Waals surface area contributed by atoms with Gasteiger partial charge in [0.25, 0.3) is 0 Å². The Labute approximate surface area is 113 Å². The van der Waals surface area contributed by atoms with Crippen molar-refractivity contribution in [1.82, 2.24) is 9.62 Å². The van der Waals surface area contributed by atoms with Gasteiger partial charge in [0.2, 0.25) is 10.0 Å². The van der Waals surface area contributed by atoms with Crippen LogP contribution in [-0.2, 0) is 16.6 Å². The lowest BCUT2D eigenvalue weighted by Gasteiger charge is -2.15. The standard InChI is InChI=1S/C12H20FN3O2S/c1-3-16(2)8-7-15-19(17,18)12-6-4-5-11(13)10(12)9-14/h4-6,15H,3,7-9,14H2,1-2H3. The van der Waals surface area contributed by atoms with Crippen LogP contribution in [0.25, 0.3) is 0 Å². The summed E-state index contributed by atoms with van der Waals surface area (Å²) < 4.78 is 40.1. The van der Waals surface area contributed by atoms with E-state index in [1.807, 2.05) is 18.9 Å². The topological polar surface area (TPSA) is 75.4 Å². The van der Waals surface area contributed by atoms with E-state index in [2.05, 4.69) is 4.72 Å². The summed E-state index contributed by atoms with van der Waals surface area (Å²) in [6.07, 6.45) is 0. The zero-order valence-corrected chi connectivity index (χ0v) is 12.0. The van der Waals surface area contributed by atoms with Crippen LogP contribution in [0.2, 0.25) is 0 Å². The zero-order chi connectivity index (χ0) is 14.5. The lowest BCUT2D eigenvalue weighted by molar-refractivity contribution is 0.358. The van der Waals surface area contributed by atoms with Crippen molar-refractivity contribution in [3.05, 3.63) is 29.6 Å². The van der Waals surface area contributed by atoms with Crippen LogP contribution < -0.4 is 10.5 Å². The minimum atomic E-state index is -3.73. The second-order valence-electron chi connectivity index (χ2n) is 4.21. The lowest BCUT2D eigenvalue weighted by atomic mass is 10.2. The van der Waals surface area contributed by atoms with Crippen LogP contribution in [0.4, 0.5) is 4.39 Å². The van der Waals surface area contributed by atoms with E-state index >= 15 is 0 Å². The Bertz CT molecular complexity index is 520. The number of nitrogens with one attached hydrogen (secondary N) is 1. The Balaban J connectivity index is 2.86. The highest BCUT2D eigenvalue weighted by Crippen LogP contribution is 2.18. The Hall–Kier alpha value is -1.02. The smallest absolute Gasteiger partial charge is 0.241 e. The molecule has 0 atom stereocenters. The molecule has 1 aromatic rings. The van der Waals surface area contributed by atoms with Crippen molar-refractivity contribution in [1.29, 1.82) is 0 Å². The van der Waals surface area contributed by atoms with Crippen LogP contribution in [0.15, 0.2) is 23.1 Å². The summed E-state index contributed by atoms with van der Waals surface area (Å²) in [7, 11) is -1.84. The predicted molar refractivity (Wildman–Crippen MR) is 72.7 cm³/mol. The van der Waals surface area contributed by atoms with Gasteiger partial charge in [0.1, 0.15) is 5.82 Å². The molecule has 7 heteroatoms. The van der Waals surface area contributed by atoms with E-state index in [1.165, 1.54) is 18.2 Å². The summed E-state index contributed by atoms with van der Waals surface area (Å²) in [5.41, 5.74) is 5.42. The van der Waals surface area contributed by atoms with E-state index < -0.39 is 15.8 Å². The number of likely N-dealkylation sites (N-methyl/N-ethyl adjacent to an activating group) is 1. The van der Waals surface area contributed by atoms with Gasteiger partial charge in [0.15, 0.2) is 0 Å². The fourth-order valence-corrected chi connectivity index (χ4v) is 2.87. The minimum absolute atomic E-state index is 0.0128. The van der Waals surface area contributed by atoms with Gasteiger partial charge in [-0.3, -0.25) is 0 Å². The van der Waals surface area contributed by atoms with Crippen molar-refractivity contribution in [2.45, 2.75) is 18.4 Å². The van der Waals surface area contributed by atoms with Crippen molar-refractivity contribution >= 4 is 10.0 Å². The number of benzene rings is 1. The maximum atomic E-state index is 13.5. The van der Waals surface area contributed by atoms with Crippen molar-refractivity contribution < 1.29 is 12.8 Å². The van der Waals surface area contributed by atoms with Crippen LogP contribution in [0, 0.1) is 5.82 Å². The molecule has 0 bridgehead atoms. The first-order valence-electron chi connectivity index (χ1n) is 6.08. The minimum Gasteiger partial charge on any atom is -0.326 e. The third-order valence-corrected chi connectivity index (χ3v) is 4.44. The molecule has 1 aromatic carbocycles. The fourth-order valence-electron chi connectivity index (χ4n) is 1.60. The van der Waals surface area contributed by atoms with Crippen molar-refractivity contribution in [2.24, 2.45) is 5.73 Å². The van der Waals surface area contributed by atoms with Crippen molar-refractivity contribution in [2.75, 3.05) is 26.7 Å². The molecule has 0 unspecified atom stereocenters. The third-order valence-electron chi connectivity index (χ3n) is 2.89. The molecule has 0 spiro atoms. The maximum Gasteiger partial charge on any atom is 0.241 e. The van der Waals surface area contributed by atoms with Gasteiger partial charge in [-0.1, -0.05) is 13.0 Å². The van der Waals surface area contributed by atoms with Crippen LogP contribution in [0.5, 0.6) is 0 Å². The summed E-state index contributed by atoms with van der Waals surface area (Å²) in [6.45, 7) is 3.51. The number of halogens is 1. The van der Waals surface area contributed by atoms with E-state index in [-0.39, 0.29) is 23.5 Å². The number of nitrogens with two attached hydrogens (primary N) is 1. The normalized spacial score (nSPS) is 12.1. The Kier molecular flexibility index (Phi) is 5.86. The first-order valence-corrected chi connectivity index (χ1v) is 7.56. The number of hydrogen-bond donors (Lipinski definition) is 2.